The zero-order chi connectivity index (χ0) is 43.3. The average Bonchev–Trinajstić information content (AvgIpc) is 3.80. The van der Waals surface area contributed by atoms with Crippen molar-refractivity contribution in [1.29, 1.82) is 0 Å². The maximum absolute atomic E-state index is 12.1. The molecule has 17 heteroatoms. The van der Waals surface area contributed by atoms with Crippen LogP contribution >= 0.6 is 0 Å². The smallest absolute Gasteiger partial charge is 0.187 e. The Morgan fingerprint density at radius 1 is 0.721 bits per heavy atom. The lowest BCUT2D eigenvalue weighted by atomic mass is 9.46. The molecule has 4 aliphatic carbocycles. The van der Waals surface area contributed by atoms with E-state index in [0.717, 1.165) is 57.1 Å². The van der Waals surface area contributed by atoms with Gasteiger partial charge in [-0.1, -0.05) is 32.4 Å². The Labute approximate surface area is 357 Å². The molecule has 9 N–H and O–H groups in total. The van der Waals surface area contributed by atoms with E-state index in [-0.39, 0.29) is 41.3 Å². The summed E-state index contributed by atoms with van der Waals surface area (Å²) in [5, 5.41) is 96.6. The highest BCUT2D eigenvalue weighted by molar-refractivity contribution is 5.29. The van der Waals surface area contributed by atoms with Crippen LogP contribution < -0.4 is 0 Å². The third-order valence-corrected chi connectivity index (χ3v) is 17.3. The second-order valence-electron chi connectivity index (χ2n) is 20.4. The Hall–Kier alpha value is -0.940. The average molecular weight is 871 g/mol. The molecule has 5 heterocycles. The van der Waals surface area contributed by atoms with Gasteiger partial charge in [-0.2, -0.15) is 0 Å². The van der Waals surface area contributed by atoms with Crippen molar-refractivity contribution in [3.8, 4) is 0 Å². The molecular weight excluding hydrogens is 800 g/mol. The minimum atomic E-state index is -1.59. The topological polar surface area (TPSA) is 256 Å². The molecule has 0 aromatic heterocycles. The molecule has 5 aliphatic heterocycles. The number of fused-ring (bicyclic) bond motifs is 7. The molecule has 8 fully saturated rings. The molecule has 3 saturated carbocycles. The summed E-state index contributed by atoms with van der Waals surface area (Å²) in [5.74, 6) is 0.875. The summed E-state index contributed by atoms with van der Waals surface area (Å²) in [7, 11) is 0. The molecule has 25 atom stereocenters. The minimum Gasteiger partial charge on any atom is -0.394 e. The molecule has 348 valence electrons. The van der Waals surface area contributed by atoms with E-state index < -0.39 is 117 Å². The second-order valence-corrected chi connectivity index (χ2v) is 20.4. The standard InChI is InChI=1S/C44H70O17/c1-19-31-26(61-44(19)9-5-6-12-55-44)15-24-30-23(8-11-43(24,31)4)42(3)10-7-22(13-21(42)14-25(30)47)57-41-39(54-18-29-34(50)35(51)32(48)20(2)56-29)37(53)38(28(17-46)59-41)60-40-36(52)33(49)27(16-45)58-40/h14,19-20,22-41,45-53H,5-13,15-18H2,1-4H3. The van der Waals surface area contributed by atoms with Gasteiger partial charge in [0.2, 0.25) is 0 Å². The fourth-order valence-electron chi connectivity index (χ4n) is 14.0. The van der Waals surface area contributed by atoms with E-state index >= 15 is 0 Å². The fourth-order valence-corrected chi connectivity index (χ4v) is 14.0. The highest BCUT2D eigenvalue weighted by Crippen LogP contribution is 2.70. The normalized spacial score (nSPS) is 57.0. The SMILES string of the molecule is CC1OC(COC2C(OC3CCC4(C)C(=CC(O)C5C4CCC4(C)C5CC5OC6(CCCCO6)C(C)C54)C3)OC(CO)C(OC3OC(CO)C(O)C3O)C2O)C(O)C(O)C1O. The molecule has 0 radical (unpaired) electrons. The van der Waals surface area contributed by atoms with Crippen LogP contribution in [0.25, 0.3) is 0 Å². The maximum atomic E-state index is 12.1. The summed E-state index contributed by atoms with van der Waals surface area (Å²) in [5.41, 5.74) is 0.986. The van der Waals surface area contributed by atoms with Gasteiger partial charge in [0.05, 0.1) is 50.8 Å². The Kier molecular flexibility index (Phi) is 12.6. The third-order valence-electron chi connectivity index (χ3n) is 17.3. The molecule has 0 amide bonds. The third kappa shape index (κ3) is 7.41. The summed E-state index contributed by atoms with van der Waals surface area (Å²) in [4.78, 5) is 0. The molecule has 9 rings (SSSR count). The molecule has 0 bridgehead atoms. The van der Waals surface area contributed by atoms with E-state index in [1.165, 1.54) is 0 Å². The van der Waals surface area contributed by atoms with Crippen molar-refractivity contribution in [3.05, 3.63) is 11.6 Å². The Morgan fingerprint density at radius 2 is 1.46 bits per heavy atom. The van der Waals surface area contributed by atoms with Gasteiger partial charge in [-0.05, 0) is 92.8 Å². The van der Waals surface area contributed by atoms with Crippen molar-refractivity contribution in [2.75, 3.05) is 26.4 Å². The largest absolute Gasteiger partial charge is 0.394 e. The number of hydrogen-bond donors (Lipinski definition) is 9. The van der Waals surface area contributed by atoms with Crippen molar-refractivity contribution in [2.45, 2.75) is 195 Å². The molecule has 25 unspecified atom stereocenters. The summed E-state index contributed by atoms with van der Waals surface area (Å²) >= 11 is 0. The van der Waals surface area contributed by atoms with Gasteiger partial charge in [0.25, 0.3) is 0 Å². The second kappa shape index (κ2) is 17.0. The summed E-state index contributed by atoms with van der Waals surface area (Å²) < 4.78 is 49.7. The Morgan fingerprint density at radius 3 is 2.16 bits per heavy atom. The van der Waals surface area contributed by atoms with Gasteiger partial charge >= 0.3 is 0 Å². The van der Waals surface area contributed by atoms with Gasteiger partial charge < -0.3 is 83.9 Å². The minimum absolute atomic E-state index is 0.0362. The molecule has 1 spiro atoms. The number of hydrogen-bond acceptors (Lipinski definition) is 17. The first-order chi connectivity index (χ1) is 29.0. The zero-order valence-electron chi connectivity index (χ0n) is 35.8. The van der Waals surface area contributed by atoms with Crippen molar-refractivity contribution < 1.29 is 83.9 Å². The fraction of sp³-hybridized carbons (Fsp3) is 0.955. The number of ether oxygens (including phenoxy) is 8. The molecule has 9 aliphatic rings. The van der Waals surface area contributed by atoms with Gasteiger partial charge in [0.15, 0.2) is 18.4 Å². The lowest BCUT2D eigenvalue weighted by Gasteiger charge is -2.59. The zero-order valence-corrected chi connectivity index (χ0v) is 35.8. The van der Waals surface area contributed by atoms with Crippen LogP contribution in [0.5, 0.6) is 0 Å². The lowest BCUT2D eigenvalue weighted by molar-refractivity contribution is -0.348. The van der Waals surface area contributed by atoms with Gasteiger partial charge in [-0.25, -0.2) is 0 Å². The number of aliphatic hydroxyl groups is 9. The van der Waals surface area contributed by atoms with E-state index in [0.29, 0.717) is 24.7 Å². The first kappa shape index (κ1) is 45.2. The van der Waals surface area contributed by atoms with E-state index in [1.807, 2.05) is 0 Å². The van der Waals surface area contributed by atoms with Crippen LogP contribution in [0, 0.1) is 40.4 Å². The summed E-state index contributed by atoms with van der Waals surface area (Å²) in [6.07, 6.45) is -9.65. The van der Waals surface area contributed by atoms with Crippen LogP contribution in [-0.2, 0) is 37.9 Å². The van der Waals surface area contributed by atoms with E-state index in [4.69, 9.17) is 37.9 Å². The first-order valence-electron chi connectivity index (χ1n) is 22.9. The molecule has 61 heavy (non-hydrogen) atoms. The van der Waals surface area contributed by atoms with Crippen molar-refractivity contribution in [3.63, 3.8) is 0 Å². The van der Waals surface area contributed by atoms with E-state index in [2.05, 4.69) is 26.8 Å². The van der Waals surface area contributed by atoms with E-state index in [9.17, 15) is 46.0 Å². The number of aliphatic hydroxyl groups excluding tert-OH is 9. The highest BCUT2D eigenvalue weighted by atomic mass is 16.8. The molecular formula is C44H70O17. The Balaban J connectivity index is 0.920. The maximum Gasteiger partial charge on any atom is 0.187 e. The van der Waals surface area contributed by atoms with Gasteiger partial charge in [0, 0.05) is 12.3 Å². The van der Waals surface area contributed by atoms with Crippen LogP contribution in [0.2, 0.25) is 0 Å². The lowest BCUT2D eigenvalue weighted by Crippen LogP contribution is -2.63. The van der Waals surface area contributed by atoms with E-state index in [1.54, 1.807) is 6.92 Å². The first-order valence-corrected chi connectivity index (χ1v) is 22.9. The van der Waals surface area contributed by atoms with Gasteiger partial charge in [0.1, 0.15) is 67.1 Å². The summed E-state index contributed by atoms with van der Waals surface area (Å²) in [6, 6.07) is 0. The summed E-state index contributed by atoms with van der Waals surface area (Å²) in [6.45, 7) is 7.78. The van der Waals surface area contributed by atoms with Crippen LogP contribution in [0.4, 0.5) is 0 Å². The van der Waals surface area contributed by atoms with Crippen LogP contribution in [0.15, 0.2) is 11.6 Å². The van der Waals surface area contributed by atoms with Crippen molar-refractivity contribution >= 4 is 0 Å². The van der Waals surface area contributed by atoms with Gasteiger partial charge in [-0.15, -0.1) is 0 Å². The quantitative estimate of drug-likeness (QED) is 0.134. The van der Waals surface area contributed by atoms with Crippen LogP contribution in [0.3, 0.4) is 0 Å². The molecule has 0 aromatic carbocycles. The highest BCUT2D eigenvalue weighted by Gasteiger charge is 2.69. The van der Waals surface area contributed by atoms with Crippen molar-refractivity contribution in [2.24, 2.45) is 40.4 Å². The molecule has 0 aromatic rings. The predicted molar refractivity (Wildman–Crippen MR) is 210 cm³/mol. The van der Waals surface area contributed by atoms with Gasteiger partial charge in [-0.3, -0.25) is 0 Å². The molecule has 5 saturated heterocycles. The van der Waals surface area contributed by atoms with Crippen molar-refractivity contribution in [1.82, 2.24) is 0 Å². The molecule has 17 nitrogen and oxygen atoms in total. The predicted octanol–water partition coefficient (Wildman–Crippen LogP) is -0.379. The monoisotopic (exact) mass is 870 g/mol. The van der Waals surface area contributed by atoms with Crippen LogP contribution in [0.1, 0.15) is 85.5 Å². The number of rotatable bonds is 9. The van der Waals surface area contributed by atoms with Crippen LogP contribution in [-0.4, -0.2) is 182 Å². The Bertz CT molecular complexity index is 1580.